The van der Waals surface area contributed by atoms with Gasteiger partial charge in [-0.1, -0.05) is 23.4 Å². The van der Waals surface area contributed by atoms with Crippen LogP contribution in [0.15, 0.2) is 52.1 Å². The third kappa shape index (κ3) is 2.85. The Morgan fingerprint density at radius 1 is 1.35 bits per heavy atom. The van der Waals surface area contributed by atoms with Gasteiger partial charge in [0, 0.05) is 18.5 Å². The van der Waals surface area contributed by atoms with Crippen LogP contribution < -0.4 is 5.56 Å². The van der Waals surface area contributed by atoms with Crippen LogP contribution in [0.1, 0.15) is 18.7 Å². The summed E-state index contributed by atoms with van der Waals surface area (Å²) in [4.78, 5) is 26.3. The van der Waals surface area contributed by atoms with E-state index in [1.807, 2.05) is 19.1 Å². The lowest BCUT2D eigenvalue weighted by atomic mass is 10.2. The van der Waals surface area contributed by atoms with Gasteiger partial charge in [0.2, 0.25) is 5.91 Å². The zero-order chi connectivity index (χ0) is 16.4. The third-order valence-corrected chi connectivity index (χ3v) is 3.91. The lowest BCUT2D eigenvalue weighted by Crippen LogP contribution is -2.36. The van der Waals surface area contributed by atoms with Crippen LogP contribution in [0.25, 0.3) is 10.8 Å². The van der Waals surface area contributed by atoms with E-state index in [-0.39, 0.29) is 24.1 Å². The Morgan fingerprint density at radius 3 is 2.87 bits per heavy atom. The van der Waals surface area contributed by atoms with Gasteiger partial charge in [-0.2, -0.15) is 5.10 Å². The van der Waals surface area contributed by atoms with Gasteiger partial charge in [0.1, 0.15) is 18.5 Å². The Bertz CT molecular complexity index is 886. The Kier molecular flexibility index (Phi) is 3.92. The number of aromatic nitrogens is 3. The molecule has 0 unspecified atom stereocenters. The summed E-state index contributed by atoms with van der Waals surface area (Å²) in [5.41, 5.74) is 0.374. The first-order chi connectivity index (χ1) is 11.1. The van der Waals surface area contributed by atoms with Gasteiger partial charge < -0.3 is 9.42 Å². The zero-order valence-corrected chi connectivity index (χ0v) is 12.8. The van der Waals surface area contributed by atoms with Gasteiger partial charge in [-0.25, -0.2) is 4.68 Å². The predicted octanol–water partition coefficient (Wildman–Crippen LogP) is 1.60. The van der Waals surface area contributed by atoms with E-state index in [9.17, 15) is 9.59 Å². The van der Waals surface area contributed by atoms with Crippen LogP contribution in [0, 0.1) is 0 Å². The minimum Gasteiger partial charge on any atom is -0.364 e. The fourth-order valence-corrected chi connectivity index (χ4v) is 2.33. The van der Waals surface area contributed by atoms with Gasteiger partial charge in [0.15, 0.2) is 0 Å². The summed E-state index contributed by atoms with van der Waals surface area (Å²) in [7, 11) is 1.66. The number of fused-ring (bicyclic) bond motifs is 1. The van der Waals surface area contributed by atoms with Crippen molar-refractivity contribution in [2.75, 3.05) is 7.05 Å². The molecule has 0 spiro atoms. The number of rotatable bonds is 4. The summed E-state index contributed by atoms with van der Waals surface area (Å²) in [5.74, 6) is -0.231. The van der Waals surface area contributed by atoms with Crippen LogP contribution in [0.4, 0.5) is 0 Å². The second-order valence-electron chi connectivity index (χ2n) is 5.30. The maximum atomic E-state index is 12.4. The number of amides is 1. The first kappa shape index (κ1) is 15.0. The van der Waals surface area contributed by atoms with E-state index in [1.54, 1.807) is 31.4 Å². The molecule has 1 amide bonds. The average molecular weight is 312 g/mol. The van der Waals surface area contributed by atoms with E-state index in [0.29, 0.717) is 11.1 Å². The number of likely N-dealkylation sites (N-methyl/N-ethyl adjacent to an activating group) is 1. The second-order valence-corrected chi connectivity index (χ2v) is 5.30. The van der Waals surface area contributed by atoms with Crippen LogP contribution in [-0.4, -0.2) is 32.8 Å². The van der Waals surface area contributed by atoms with Gasteiger partial charge in [-0.05, 0) is 13.0 Å². The molecule has 7 heteroatoms. The molecule has 0 N–H and O–H groups in total. The molecule has 0 radical (unpaired) electrons. The minimum absolute atomic E-state index is 0.123. The van der Waals surface area contributed by atoms with Crippen molar-refractivity contribution in [1.82, 2.24) is 19.8 Å². The van der Waals surface area contributed by atoms with Crippen LogP contribution in [-0.2, 0) is 11.3 Å². The Morgan fingerprint density at radius 2 is 2.13 bits per heavy atom. The molecule has 1 aromatic carbocycles. The number of nitrogens with zero attached hydrogens (tertiary/aromatic N) is 4. The Labute approximate surface area is 132 Å². The first-order valence-corrected chi connectivity index (χ1v) is 7.18. The van der Waals surface area contributed by atoms with Gasteiger partial charge in [0.25, 0.3) is 5.56 Å². The molecular formula is C16H16N4O3. The van der Waals surface area contributed by atoms with Crippen molar-refractivity contribution in [1.29, 1.82) is 0 Å². The Hall–Kier alpha value is -2.96. The highest BCUT2D eigenvalue weighted by Gasteiger charge is 2.20. The number of hydrogen-bond acceptors (Lipinski definition) is 5. The number of benzene rings is 1. The minimum atomic E-state index is -0.279. The molecule has 0 fully saturated rings. The molecular weight excluding hydrogens is 296 g/mol. The van der Waals surface area contributed by atoms with Crippen LogP contribution in [0.3, 0.4) is 0 Å². The van der Waals surface area contributed by atoms with Gasteiger partial charge >= 0.3 is 0 Å². The molecule has 3 rings (SSSR count). The van der Waals surface area contributed by atoms with E-state index >= 15 is 0 Å². The molecule has 0 aliphatic rings. The fraction of sp³-hybridized carbons (Fsp3) is 0.250. The van der Waals surface area contributed by atoms with Crippen LogP contribution in [0.5, 0.6) is 0 Å². The summed E-state index contributed by atoms with van der Waals surface area (Å²) in [5, 5.41) is 9.20. The van der Waals surface area contributed by atoms with E-state index in [4.69, 9.17) is 4.52 Å². The molecule has 0 aliphatic heterocycles. The Balaban J connectivity index is 1.83. The van der Waals surface area contributed by atoms with Gasteiger partial charge in [-0.15, -0.1) is 0 Å². The van der Waals surface area contributed by atoms with Crippen molar-refractivity contribution in [2.24, 2.45) is 0 Å². The smallest absolute Gasteiger partial charge is 0.275 e. The monoisotopic (exact) mass is 312 g/mol. The number of hydrogen-bond donors (Lipinski definition) is 0. The van der Waals surface area contributed by atoms with Gasteiger partial charge in [0.05, 0.1) is 17.6 Å². The molecule has 2 heterocycles. The highest BCUT2D eigenvalue weighted by atomic mass is 16.5. The SMILES string of the molecule is C[C@H](c1ccon1)N(C)C(=O)Cn1ncc2ccccc2c1=O. The quantitative estimate of drug-likeness (QED) is 0.731. The van der Waals surface area contributed by atoms with E-state index < -0.39 is 0 Å². The molecule has 1 atom stereocenters. The molecule has 118 valence electrons. The molecule has 0 aliphatic carbocycles. The van der Waals surface area contributed by atoms with Crippen LogP contribution >= 0.6 is 0 Å². The summed E-state index contributed by atoms with van der Waals surface area (Å²) >= 11 is 0. The lowest BCUT2D eigenvalue weighted by molar-refractivity contribution is -0.132. The molecule has 3 aromatic rings. The second kappa shape index (κ2) is 6.04. The van der Waals surface area contributed by atoms with Crippen molar-refractivity contribution in [3.05, 3.63) is 58.8 Å². The average Bonchev–Trinajstić information content (AvgIpc) is 3.10. The largest absolute Gasteiger partial charge is 0.364 e. The van der Waals surface area contributed by atoms with Crippen molar-refractivity contribution in [3.63, 3.8) is 0 Å². The van der Waals surface area contributed by atoms with Crippen molar-refractivity contribution in [3.8, 4) is 0 Å². The number of carbonyl (C=O) groups is 1. The molecule has 2 aromatic heterocycles. The maximum Gasteiger partial charge on any atom is 0.275 e. The zero-order valence-electron chi connectivity index (χ0n) is 12.8. The molecule has 0 saturated heterocycles. The highest BCUT2D eigenvalue weighted by Crippen LogP contribution is 2.16. The standard InChI is InChI=1S/C16H16N4O3/c1-11(14-7-8-23-18-14)19(2)15(21)10-20-16(22)13-6-4-3-5-12(13)9-17-20/h3-9,11H,10H2,1-2H3/t11-/m1/s1. The summed E-state index contributed by atoms with van der Waals surface area (Å²) in [6.45, 7) is 1.72. The van der Waals surface area contributed by atoms with E-state index in [1.165, 1.54) is 15.8 Å². The van der Waals surface area contributed by atoms with Crippen molar-refractivity contribution in [2.45, 2.75) is 19.5 Å². The summed E-state index contributed by atoms with van der Waals surface area (Å²) < 4.78 is 5.97. The molecule has 0 saturated carbocycles. The first-order valence-electron chi connectivity index (χ1n) is 7.18. The van der Waals surface area contributed by atoms with Crippen molar-refractivity contribution < 1.29 is 9.32 Å². The van der Waals surface area contributed by atoms with Crippen molar-refractivity contribution >= 4 is 16.7 Å². The molecule has 0 bridgehead atoms. The van der Waals surface area contributed by atoms with Gasteiger partial charge in [-0.3, -0.25) is 9.59 Å². The highest BCUT2D eigenvalue weighted by molar-refractivity contribution is 5.81. The topological polar surface area (TPSA) is 81.2 Å². The number of carbonyl (C=O) groups excluding carboxylic acids is 1. The van der Waals surface area contributed by atoms with E-state index in [2.05, 4.69) is 10.3 Å². The maximum absolute atomic E-state index is 12.4. The summed E-state index contributed by atoms with van der Waals surface area (Å²) in [6, 6.07) is 8.62. The summed E-state index contributed by atoms with van der Waals surface area (Å²) in [6.07, 6.45) is 3.05. The van der Waals surface area contributed by atoms with Crippen LogP contribution in [0.2, 0.25) is 0 Å². The lowest BCUT2D eigenvalue weighted by Gasteiger charge is -2.23. The normalized spacial score (nSPS) is 12.3. The fourth-order valence-electron chi connectivity index (χ4n) is 2.33. The van der Waals surface area contributed by atoms with E-state index in [0.717, 1.165) is 5.39 Å². The molecule has 7 nitrogen and oxygen atoms in total. The third-order valence-electron chi connectivity index (χ3n) is 3.91. The predicted molar refractivity (Wildman–Crippen MR) is 83.7 cm³/mol. The molecule has 23 heavy (non-hydrogen) atoms.